The average Bonchev–Trinajstić information content (AvgIpc) is 2.06. The van der Waals surface area contributed by atoms with Gasteiger partial charge in [-0.1, -0.05) is 20.3 Å². The second-order valence-corrected chi connectivity index (χ2v) is 2.61. The van der Waals surface area contributed by atoms with E-state index in [4.69, 9.17) is 0 Å². The molecule has 0 spiro atoms. The monoisotopic (exact) mass is 150 g/mol. The van der Waals surface area contributed by atoms with Crippen LogP contribution in [0.4, 0.5) is 0 Å². The van der Waals surface area contributed by atoms with Gasteiger partial charge in [0.1, 0.15) is 0 Å². The first-order chi connectivity index (χ1) is 5.38. The SMILES string of the molecule is CCCc1nnccc1CC. The Morgan fingerprint density at radius 1 is 1.36 bits per heavy atom. The first-order valence-electron chi connectivity index (χ1n) is 4.18. The van der Waals surface area contributed by atoms with Crippen molar-refractivity contribution in [3.63, 3.8) is 0 Å². The molecule has 1 rings (SSSR count). The van der Waals surface area contributed by atoms with Crippen molar-refractivity contribution in [3.8, 4) is 0 Å². The maximum atomic E-state index is 4.09. The normalized spacial score (nSPS) is 10.0. The highest BCUT2D eigenvalue weighted by atomic mass is 15.1. The number of rotatable bonds is 3. The number of hydrogen-bond acceptors (Lipinski definition) is 2. The molecule has 1 aromatic rings. The largest absolute Gasteiger partial charge is 0.159 e. The standard InChI is InChI=1S/C9H14N2/c1-3-5-9-8(4-2)6-7-10-11-9/h6-7H,3-5H2,1-2H3. The molecule has 60 valence electrons. The van der Waals surface area contributed by atoms with E-state index in [1.807, 2.05) is 0 Å². The summed E-state index contributed by atoms with van der Waals surface area (Å²) in [4.78, 5) is 0. The van der Waals surface area contributed by atoms with Crippen LogP contribution in [-0.4, -0.2) is 10.2 Å². The Balaban J connectivity index is 2.83. The average molecular weight is 150 g/mol. The molecule has 0 amide bonds. The molecule has 1 aromatic heterocycles. The van der Waals surface area contributed by atoms with Crippen molar-refractivity contribution in [1.29, 1.82) is 0 Å². The van der Waals surface area contributed by atoms with Crippen molar-refractivity contribution in [3.05, 3.63) is 23.5 Å². The fourth-order valence-corrected chi connectivity index (χ4v) is 1.16. The molecule has 0 aliphatic heterocycles. The predicted octanol–water partition coefficient (Wildman–Crippen LogP) is 1.99. The Kier molecular flexibility index (Phi) is 3.02. The van der Waals surface area contributed by atoms with Gasteiger partial charge in [0.2, 0.25) is 0 Å². The molecule has 2 heteroatoms. The van der Waals surface area contributed by atoms with Crippen LogP contribution < -0.4 is 0 Å². The lowest BCUT2D eigenvalue weighted by molar-refractivity contribution is 0.813. The topological polar surface area (TPSA) is 25.8 Å². The van der Waals surface area contributed by atoms with Gasteiger partial charge in [0.05, 0.1) is 5.69 Å². The lowest BCUT2D eigenvalue weighted by atomic mass is 10.1. The van der Waals surface area contributed by atoms with Crippen molar-refractivity contribution in [2.75, 3.05) is 0 Å². The van der Waals surface area contributed by atoms with E-state index in [1.165, 1.54) is 5.56 Å². The van der Waals surface area contributed by atoms with Crippen LogP contribution in [0.3, 0.4) is 0 Å². The van der Waals surface area contributed by atoms with Gasteiger partial charge in [-0.2, -0.15) is 10.2 Å². The second kappa shape index (κ2) is 4.06. The maximum Gasteiger partial charge on any atom is 0.0662 e. The zero-order valence-corrected chi connectivity index (χ0v) is 7.17. The number of hydrogen-bond donors (Lipinski definition) is 0. The third kappa shape index (κ3) is 2.00. The predicted molar refractivity (Wildman–Crippen MR) is 45.4 cm³/mol. The van der Waals surface area contributed by atoms with Gasteiger partial charge in [-0.25, -0.2) is 0 Å². The van der Waals surface area contributed by atoms with Crippen molar-refractivity contribution in [2.45, 2.75) is 33.1 Å². The van der Waals surface area contributed by atoms with Crippen LogP contribution in [0.1, 0.15) is 31.5 Å². The van der Waals surface area contributed by atoms with E-state index in [9.17, 15) is 0 Å². The molecular formula is C9H14N2. The van der Waals surface area contributed by atoms with E-state index >= 15 is 0 Å². The van der Waals surface area contributed by atoms with E-state index in [2.05, 4.69) is 30.1 Å². The smallest absolute Gasteiger partial charge is 0.0662 e. The summed E-state index contributed by atoms with van der Waals surface area (Å²) in [6, 6.07) is 2.05. The van der Waals surface area contributed by atoms with E-state index in [-0.39, 0.29) is 0 Å². The van der Waals surface area contributed by atoms with Gasteiger partial charge >= 0.3 is 0 Å². The third-order valence-corrected chi connectivity index (χ3v) is 1.76. The van der Waals surface area contributed by atoms with Crippen LogP contribution in [0.15, 0.2) is 12.3 Å². The van der Waals surface area contributed by atoms with Crippen molar-refractivity contribution < 1.29 is 0 Å². The van der Waals surface area contributed by atoms with Crippen LogP contribution in [0.5, 0.6) is 0 Å². The van der Waals surface area contributed by atoms with Crippen LogP contribution >= 0.6 is 0 Å². The maximum absolute atomic E-state index is 4.09. The first kappa shape index (κ1) is 8.18. The molecule has 0 N–H and O–H groups in total. The molecule has 1 heterocycles. The van der Waals surface area contributed by atoms with Gasteiger partial charge in [0.15, 0.2) is 0 Å². The lowest BCUT2D eigenvalue weighted by Gasteiger charge is -2.01. The highest BCUT2D eigenvalue weighted by Crippen LogP contribution is 2.06. The fourth-order valence-electron chi connectivity index (χ4n) is 1.16. The Morgan fingerprint density at radius 2 is 2.18 bits per heavy atom. The summed E-state index contributed by atoms with van der Waals surface area (Å²) in [5.41, 5.74) is 2.50. The molecule has 0 bridgehead atoms. The molecule has 0 fully saturated rings. The molecule has 0 radical (unpaired) electrons. The highest BCUT2D eigenvalue weighted by molar-refractivity contribution is 5.16. The number of aromatic nitrogens is 2. The molecule has 0 unspecified atom stereocenters. The van der Waals surface area contributed by atoms with Gasteiger partial charge in [-0.15, -0.1) is 0 Å². The summed E-state index contributed by atoms with van der Waals surface area (Å²) in [6.45, 7) is 4.31. The Bertz CT molecular complexity index is 221. The summed E-state index contributed by atoms with van der Waals surface area (Å²) in [6.07, 6.45) is 5.02. The van der Waals surface area contributed by atoms with Crippen LogP contribution in [-0.2, 0) is 12.8 Å². The van der Waals surface area contributed by atoms with Gasteiger partial charge in [-0.05, 0) is 24.5 Å². The van der Waals surface area contributed by atoms with E-state index < -0.39 is 0 Å². The minimum atomic E-state index is 1.05. The highest BCUT2D eigenvalue weighted by Gasteiger charge is 1.99. The molecule has 0 saturated heterocycles. The molecule has 2 nitrogen and oxygen atoms in total. The molecule has 0 aliphatic rings. The van der Waals surface area contributed by atoms with E-state index in [1.54, 1.807) is 6.20 Å². The van der Waals surface area contributed by atoms with Gasteiger partial charge in [0.25, 0.3) is 0 Å². The van der Waals surface area contributed by atoms with Crippen LogP contribution in [0.25, 0.3) is 0 Å². The van der Waals surface area contributed by atoms with Crippen molar-refractivity contribution >= 4 is 0 Å². The third-order valence-electron chi connectivity index (χ3n) is 1.76. The minimum absolute atomic E-state index is 1.05. The van der Waals surface area contributed by atoms with Crippen LogP contribution in [0.2, 0.25) is 0 Å². The summed E-state index contributed by atoms with van der Waals surface area (Å²) >= 11 is 0. The molecule has 0 saturated carbocycles. The van der Waals surface area contributed by atoms with E-state index in [0.29, 0.717) is 0 Å². The number of aryl methyl sites for hydroxylation is 2. The van der Waals surface area contributed by atoms with Gasteiger partial charge in [0, 0.05) is 6.20 Å². The van der Waals surface area contributed by atoms with E-state index in [0.717, 1.165) is 25.0 Å². The zero-order chi connectivity index (χ0) is 8.10. The summed E-state index contributed by atoms with van der Waals surface area (Å²) in [5, 5.41) is 7.95. The molecule has 0 atom stereocenters. The molecule has 11 heavy (non-hydrogen) atoms. The molecular weight excluding hydrogens is 136 g/mol. The van der Waals surface area contributed by atoms with Crippen LogP contribution in [0, 0.1) is 0 Å². The Morgan fingerprint density at radius 3 is 2.82 bits per heavy atom. The molecule has 0 aliphatic carbocycles. The van der Waals surface area contributed by atoms with Gasteiger partial charge < -0.3 is 0 Å². The second-order valence-electron chi connectivity index (χ2n) is 2.61. The van der Waals surface area contributed by atoms with Crippen molar-refractivity contribution in [2.24, 2.45) is 0 Å². The fraction of sp³-hybridized carbons (Fsp3) is 0.556. The first-order valence-corrected chi connectivity index (χ1v) is 4.18. The number of nitrogens with zero attached hydrogens (tertiary/aromatic N) is 2. The minimum Gasteiger partial charge on any atom is -0.159 e. The molecule has 0 aromatic carbocycles. The summed E-state index contributed by atoms with van der Waals surface area (Å²) in [7, 11) is 0. The quantitative estimate of drug-likeness (QED) is 0.658. The lowest BCUT2D eigenvalue weighted by Crippen LogP contribution is -1.97. The summed E-state index contributed by atoms with van der Waals surface area (Å²) in [5.74, 6) is 0. The Hall–Kier alpha value is -0.920. The van der Waals surface area contributed by atoms with Gasteiger partial charge in [-0.3, -0.25) is 0 Å². The summed E-state index contributed by atoms with van der Waals surface area (Å²) < 4.78 is 0. The zero-order valence-electron chi connectivity index (χ0n) is 7.17. The van der Waals surface area contributed by atoms with Crippen molar-refractivity contribution in [1.82, 2.24) is 10.2 Å². The Labute approximate surface area is 67.7 Å².